The Morgan fingerprint density at radius 2 is 1.74 bits per heavy atom. The summed E-state index contributed by atoms with van der Waals surface area (Å²) in [5.74, 6) is 0. The first-order valence-corrected chi connectivity index (χ1v) is 7.80. The molecule has 4 aromatic rings. The SMILES string of the molecule is O=c1oc2ccccc2cc1-c1nnc(Nc2ccccc2)s1. The first-order valence-electron chi connectivity index (χ1n) is 6.98. The minimum absolute atomic E-state index is 0.411. The van der Waals surface area contributed by atoms with Gasteiger partial charge in [-0.25, -0.2) is 4.79 Å². The molecule has 2 heterocycles. The Morgan fingerprint density at radius 3 is 2.61 bits per heavy atom. The van der Waals surface area contributed by atoms with Gasteiger partial charge in [-0.3, -0.25) is 0 Å². The van der Waals surface area contributed by atoms with E-state index in [1.807, 2.05) is 48.5 Å². The number of anilines is 2. The van der Waals surface area contributed by atoms with Crippen LogP contribution in [-0.2, 0) is 0 Å². The summed E-state index contributed by atoms with van der Waals surface area (Å²) in [5, 5.41) is 13.4. The molecule has 4 rings (SSSR count). The summed E-state index contributed by atoms with van der Waals surface area (Å²) in [6, 6.07) is 18.9. The number of para-hydroxylation sites is 2. The molecule has 0 amide bonds. The number of aromatic nitrogens is 2. The highest BCUT2D eigenvalue weighted by molar-refractivity contribution is 7.18. The van der Waals surface area contributed by atoms with Gasteiger partial charge >= 0.3 is 5.63 Å². The van der Waals surface area contributed by atoms with E-state index in [2.05, 4.69) is 15.5 Å². The van der Waals surface area contributed by atoms with E-state index < -0.39 is 5.63 Å². The lowest BCUT2D eigenvalue weighted by Crippen LogP contribution is -2.02. The van der Waals surface area contributed by atoms with Crippen LogP contribution in [-0.4, -0.2) is 10.2 Å². The molecule has 2 aromatic carbocycles. The Labute approximate surface area is 135 Å². The molecule has 112 valence electrons. The van der Waals surface area contributed by atoms with Gasteiger partial charge in [0.2, 0.25) is 5.13 Å². The van der Waals surface area contributed by atoms with Crippen molar-refractivity contribution in [3.8, 4) is 10.6 Å². The fourth-order valence-corrected chi connectivity index (χ4v) is 3.01. The predicted molar refractivity (Wildman–Crippen MR) is 91.1 cm³/mol. The summed E-state index contributed by atoms with van der Waals surface area (Å²) in [7, 11) is 0. The third-order valence-corrected chi connectivity index (χ3v) is 4.19. The molecule has 2 aromatic heterocycles. The number of rotatable bonds is 3. The fraction of sp³-hybridized carbons (Fsp3) is 0. The van der Waals surface area contributed by atoms with Gasteiger partial charge < -0.3 is 9.73 Å². The van der Waals surface area contributed by atoms with Crippen LogP contribution in [0.4, 0.5) is 10.8 Å². The van der Waals surface area contributed by atoms with Crippen molar-refractivity contribution in [2.75, 3.05) is 5.32 Å². The molecule has 0 unspecified atom stereocenters. The van der Waals surface area contributed by atoms with E-state index in [-0.39, 0.29) is 0 Å². The number of hydrogen-bond donors (Lipinski definition) is 1. The van der Waals surface area contributed by atoms with Crippen LogP contribution in [0.5, 0.6) is 0 Å². The number of hydrogen-bond acceptors (Lipinski definition) is 6. The molecule has 0 bridgehead atoms. The zero-order chi connectivity index (χ0) is 15.6. The molecule has 0 aliphatic rings. The van der Waals surface area contributed by atoms with Crippen LogP contribution in [0, 0.1) is 0 Å². The molecule has 0 atom stereocenters. The summed E-state index contributed by atoms with van der Waals surface area (Å²) < 4.78 is 5.34. The maximum Gasteiger partial charge on any atom is 0.346 e. The lowest BCUT2D eigenvalue weighted by Gasteiger charge is -2.00. The zero-order valence-corrected chi connectivity index (χ0v) is 12.7. The first-order chi connectivity index (χ1) is 11.3. The average Bonchev–Trinajstić information content (AvgIpc) is 3.03. The van der Waals surface area contributed by atoms with Gasteiger partial charge in [0.05, 0.1) is 5.56 Å². The van der Waals surface area contributed by atoms with E-state index >= 15 is 0 Å². The summed E-state index contributed by atoms with van der Waals surface area (Å²) in [6.45, 7) is 0. The zero-order valence-electron chi connectivity index (χ0n) is 11.9. The second-order valence-corrected chi connectivity index (χ2v) is 5.87. The van der Waals surface area contributed by atoms with Gasteiger partial charge in [0.15, 0.2) is 5.01 Å². The van der Waals surface area contributed by atoms with Gasteiger partial charge in [0, 0.05) is 11.1 Å². The Kier molecular flexibility index (Phi) is 3.36. The smallest absolute Gasteiger partial charge is 0.346 e. The van der Waals surface area contributed by atoms with Crippen LogP contribution in [0.15, 0.2) is 69.9 Å². The van der Waals surface area contributed by atoms with E-state index in [0.29, 0.717) is 21.3 Å². The average molecular weight is 321 g/mol. The summed E-state index contributed by atoms with van der Waals surface area (Å²) in [6.07, 6.45) is 0. The Hall–Kier alpha value is -2.99. The molecule has 5 nitrogen and oxygen atoms in total. The third kappa shape index (κ3) is 2.72. The Morgan fingerprint density at radius 1 is 0.957 bits per heavy atom. The van der Waals surface area contributed by atoms with Crippen LogP contribution >= 0.6 is 11.3 Å². The molecule has 0 radical (unpaired) electrons. The van der Waals surface area contributed by atoms with Crippen LogP contribution in [0.25, 0.3) is 21.5 Å². The topological polar surface area (TPSA) is 68.0 Å². The molecule has 0 spiro atoms. The van der Waals surface area contributed by atoms with E-state index in [9.17, 15) is 4.79 Å². The maximum absolute atomic E-state index is 12.2. The van der Waals surface area contributed by atoms with E-state index in [1.54, 1.807) is 12.1 Å². The Balaban J connectivity index is 1.71. The van der Waals surface area contributed by atoms with Gasteiger partial charge in [0.25, 0.3) is 0 Å². The third-order valence-electron chi connectivity index (χ3n) is 3.32. The highest BCUT2D eigenvalue weighted by Crippen LogP contribution is 2.28. The van der Waals surface area contributed by atoms with Crippen molar-refractivity contribution in [2.24, 2.45) is 0 Å². The number of fused-ring (bicyclic) bond motifs is 1. The van der Waals surface area contributed by atoms with E-state index in [1.165, 1.54) is 11.3 Å². The minimum atomic E-state index is -0.411. The summed E-state index contributed by atoms with van der Waals surface area (Å²) >= 11 is 1.31. The van der Waals surface area contributed by atoms with Gasteiger partial charge in [-0.15, -0.1) is 10.2 Å². The predicted octanol–water partition coefficient (Wildman–Crippen LogP) is 4.06. The number of nitrogens with zero attached hydrogens (tertiary/aromatic N) is 2. The molecule has 0 fully saturated rings. The minimum Gasteiger partial charge on any atom is -0.422 e. The molecule has 1 N–H and O–H groups in total. The lowest BCUT2D eigenvalue weighted by molar-refractivity contribution is 0.563. The van der Waals surface area contributed by atoms with Crippen LogP contribution in [0.1, 0.15) is 0 Å². The molecular formula is C17H11N3O2S. The van der Waals surface area contributed by atoms with Gasteiger partial charge in [-0.2, -0.15) is 0 Å². The van der Waals surface area contributed by atoms with Crippen molar-refractivity contribution < 1.29 is 4.42 Å². The molecule has 0 saturated heterocycles. The number of benzene rings is 2. The van der Waals surface area contributed by atoms with Crippen LogP contribution in [0.2, 0.25) is 0 Å². The molecule has 23 heavy (non-hydrogen) atoms. The monoisotopic (exact) mass is 321 g/mol. The quantitative estimate of drug-likeness (QED) is 0.576. The molecule has 0 aliphatic heterocycles. The van der Waals surface area contributed by atoms with Crippen LogP contribution in [0.3, 0.4) is 0 Å². The summed E-state index contributed by atoms with van der Waals surface area (Å²) in [4.78, 5) is 12.2. The van der Waals surface area contributed by atoms with Crippen molar-refractivity contribution in [1.82, 2.24) is 10.2 Å². The van der Waals surface area contributed by atoms with E-state index in [4.69, 9.17) is 4.42 Å². The fourth-order valence-electron chi connectivity index (χ4n) is 2.24. The highest BCUT2D eigenvalue weighted by Gasteiger charge is 2.13. The largest absolute Gasteiger partial charge is 0.422 e. The molecular weight excluding hydrogens is 310 g/mol. The molecule has 0 aliphatic carbocycles. The second-order valence-electron chi connectivity index (χ2n) is 4.89. The first kappa shape index (κ1) is 13.7. The van der Waals surface area contributed by atoms with Gasteiger partial charge in [-0.1, -0.05) is 47.7 Å². The van der Waals surface area contributed by atoms with E-state index in [0.717, 1.165) is 11.1 Å². The maximum atomic E-state index is 12.2. The second kappa shape index (κ2) is 5.66. The standard InChI is InChI=1S/C17H11N3O2S/c21-16-13(10-11-6-4-5-9-14(11)22-16)15-19-20-17(23-15)18-12-7-2-1-3-8-12/h1-10H,(H,18,20). The van der Waals surface area contributed by atoms with Crippen molar-refractivity contribution in [3.63, 3.8) is 0 Å². The van der Waals surface area contributed by atoms with Crippen LogP contribution < -0.4 is 10.9 Å². The normalized spacial score (nSPS) is 10.8. The highest BCUT2D eigenvalue weighted by atomic mass is 32.1. The lowest BCUT2D eigenvalue weighted by atomic mass is 10.2. The number of nitrogens with one attached hydrogen (secondary N) is 1. The van der Waals surface area contributed by atoms with Gasteiger partial charge in [0.1, 0.15) is 5.58 Å². The summed E-state index contributed by atoms with van der Waals surface area (Å²) in [5.41, 5.74) is 1.49. The molecule has 6 heteroatoms. The van der Waals surface area contributed by atoms with Crippen molar-refractivity contribution >= 4 is 33.1 Å². The van der Waals surface area contributed by atoms with Crippen molar-refractivity contribution in [3.05, 3.63) is 71.1 Å². The van der Waals surface area contributed by atoms with Crippen molar-refractivity contribution in [2.45, 2.75) is 0 Å². The van der Waals surface area contributed by atoms with Gasteiger partial charge in [-0.05, 0) is 24.3 Å². The van der Waals surface area contributed by atoms with Crippen molar-refractivity contribution in [1.29, 1.82) is 0 Å². The Bertz CT molecular complexity index is 1020. The molecule has 0 saturated carbocycles.